The SMILES string of the molecule is CN=C(NCCCN1CCCCCC1)NCCOc1ccc2c(c1)OCO2. The Labute approximate surface area is 162 Å². The van der Waals surface area contributed by atoms with E-state index in [1.807, 2.05) is 18.2 Å². The first-order chi connectivity index (χ1) is 13.3. The van der Waals surface area contributed by atoms with E-state index in [9.17, 15) is 0 Å². The fourth-order valence-electron chi connectivity index (χ4n) is 3.39. The molecule has 1 saturated heterocycles. The van der Waals surface area contributed by atoms with Crippen molar-refractivity contribution in [3.8, 4) is 17.2 Å². The first-order valence-electron chi connectivity index (χ1n) is 10.0. The van der Waals surface area contributed by atoms with Crippen LogP contribution < -0.4 is 24.8 Å². The van der Waals surface area contributed by atoms with Gasteiger partial charge in [0.25, 0.3) is 0 Å². The highest BCUT2D eigenvalue weighted by molar-refractivity contribution is 5.79. The molecule has 0 saturated carbocycles. The molecule has 1 fully saturated rings. The summed E-state index contributed by atoms with van der Waals surface area (Å²) >= 11 is 0. The van der Waals surface area contributed by atoms with E-state index < -0.39 is 0 Å². The van der Waals surface area contributed by atoms with E-state index in [0.29, 0.717) is 13.2 Å². The number of benzene rings is 1. The van der Waals surface area contributed by atoms with Crippen LogP contribution >= 0.6 is 0 Å². The van der Waals surface area contributed by atoms with Crippen LogP contribution in [0.1, 0.15) is 32.1 Å². The van der Waals surface area contributed by atoms with Crippen molar-refractivity contribution in [2.24, 2.45) is 4.99 Å². The molecule has 0 radical (unpaired) electrons. The molecule has 0 spiro atoms. The maximum atomic E-state index is 5.76. The average molecular weight is 377 g/mol. The Balaban J connectivity index is 1.26. The highest BCUT2D eigenvalue weighted by atomic mass is 16.7. The first kappa shape index (κ1) is 19.6. The van der Waals surface area contributed by atoms with Crippen molar-refractivity contribution >= 4 is 5.96 Å². The minimum atomic E-state index is 0.278. The maximum Gasteiger partial charge on any atom is 0.231 e. The molecular weight excluding hydrogens is 344 g/mol. The molecule has 1 aromatic rings. The van der Waals surface area contributed by atoms with E-state index in [-0.39, 0.29) is 6.79 Å². The summed E-state index contributed by atoms with van der Waals surface area (Å²) in [5.74, 6) is 3.11. The summed E-state index contributed by atoms with van der Waals surface area (Å²) in [6.45, 7) is 6.11. The Morgan fingerprint density at radius 2 is 1.85 bits per heavy atom. The van der Waals surface area contributed by atoms with Gasteiger partial charge in [-0.05, 0) is 51.0 Å². The highest BCUT2D eigenvalue weighted by Gasteiger charge is 2.13. The van der Waals surface area contributed by atoms with Crippen LogP contribution in [-0.4, -0.2) is 64.0 Å². The van der Waals surface area contributed by atoms with Crippen molar-refractivity contribution < 1.29 is 14.2 Å². The third kappa shape index (κ3) is 6.50. The van der Waals surface area contributed by atoms with Crippen LogP contribution in [0.5, 0.6) is 17.2 Å². The number of ether oxygens (including phenoxy) is 3. The zero-order valence-corrected chi connectivity index (χ0v) is 16.3. The van der Waals surface area contributed by atoms with Crippen LogP contribution in [-0.2, 0) is 0 Å². The Morgan fingerprint density at radius 3 is 2.67 bits per heavy atom. The van der Waals surface area contributed by atoms with Gasteiger partial charge < -0.3 is 29.7 Å². The first-order valence-corrected chi connectivity index (χ1v) is 10.0. The summed E-state index contributed by atoms with van der Waals surface area (Å²) in [5, 5.41) is 6.66. The minimum absolute atomic E-state index is 0.278. The third-order valence-corrected chi connectivity index (χ3v) is 4.87. The molecule has 0 aliphatic carbocycles. The number of nitrogens with one attached hydrogen (secondary N) is 2. The van der Waals surface area contributed by atoms with Gasteiger partial charge in [-0.15, -0.1) is 0 Å². The lowest BCUT2D eigenvalue weighted by Gasteiger charge is -2.20. The number of nitrogens with zero attached hydrogens (tertiary/aromatic N) is 2. The van der Waals surface area contributed by atoms with E-state index in [0.717, 1.165) is 42.7 Å². The van der Waals surface area contributed by atoms with Crippen LogP contribution in [0.15, 0.2) is 23.2 Å². The molecule has 0 bridgehead atoms. The summed E-state index contributed by atoms with van der Waals surface area (Å²) < 4.78 is 16.4. The molecule has 150 valence electrons. The quantitative estimate of drug-likeness (QED) is 0.412. The number of fused-ring (bicyclic) bond motifs is 1. The van der Waals surface area contributed by atoms with E-state index >= 15 is 0 Å². The van der Waals surface area contributed by atoms with Gasteiger partial charge in [0.1, 0.15) is 12.4 Å². The molecule has 0 unspecified atom stereocenters. The lowest BCUT2D eigenvalue weighted by Crippen LogP contribution is -2.40. The summed E-state index contributed by atoms with van der Waals surface area (Å²) in [4.78, 5) is 6.86. The van der Waals surface area contributed by atoms with E-state index in [4.69, 9.17) is 14.2 Å². The van der Waals surface area contributed by atoms with Crippen molar-refractivity contribution in [2.75, 3.05) is 53.2 Å². The van der Waals surface area contributed by atoms with E-state index in [2.05, 4.69) is 20.5 Å². The van der Waals surface area contributed by atoms with Crippen LogP contribution in [0, 0.1) is 0 Å². The average Bonchev–Trinajstić information content (AvgIpc) is 3.00. The van der Waals surface area contributed by atoms with Gasteiger partial charge in [-0.2, -0.15) is 0 Å². The van der Waals surface area contributed by atoms with Crippen molar-refractivity contribution in [1.29, 1.82) is 0 Å². The van der Waals surface area contributed by atoms with Gasteiger partial charge in [-0.3, -0.25) is 4.99 Å². The van der Waals surface area contributed by atoms with E-state index in [1.165, 1.54) is 38.8 Å². The van der Waals surface area contributed by atoms with Crippen LogP contribution in [0.2, 0.25) is 0 Å². The largest absolute Gasteiger partial charge is 0.492 e. The molecule has 0 atom stereocenters. The fraction of sp³-hybridized carbons (Fsp3) is 0.650. The number of likely N-dealkylation sites (tertiary alicyclic amines) is 1. The van der Waals surface area contributed by atoms with Gasteiger partial charge in [0.05, 0.1) is 6.54 Å². The summed E-state index contributed by atoms with van der Waals surface area (Å²) in [6, 6.07) is 5.62. The Kier molecular flexibility index (Phi) is 7.89. The standard InChI is InChI=1S/C20H32N4O3/c1-21-20(22-9-6-13-24-11-4-2-3-5-12-24)23-10-14-25-17-7-8-18-19(15-17)27-16-26-18/h7-8,15H,2-6,9-14,16H2,1H3,(H2,21,22,23). The number of aliphatic imine (C=N–C) groups is 1. The van der Waals surface area contributed by atoms with Crippen LogP contribution in [0.4, 0.5) is 0 Å². The zero-order chi connectivity index (χ0) is 18.7. The van der Waals surface area contributed by atoms with Gasteiger partial charge in [-0.25, -0.2) is 0 Å². The van der Waals surface area contributed by atoms with Gasteiger partial charge in [0, 0.05) is 19.7 Å². The number of hydrogen-bond acceptors (Lipinski definition) is 5. The topological polar surface area (TPSA) is 67.4 Å². The molecule has 7 heteroatoms. The van der Waals surface area contributed by atoms with Crippen LogP contribution in [0.25, 0.3) is 0 Å². The van der Waals surface area contributed by atoms with Crippen molar-refractivity contribution in [2.45, 2.75) is 32.1 Å². The zero-order valence-electron chi connectivity index (χ0n) is 16.3. The number of hydrogen-bond donors (Lipinski definition) is 2. The smallest absolute Gasteiger partial charge is 0.231 e. The lowest BCUT2D eigenvalue weighted by molar-refractivity contribution is 0.173. The molecule has 2 aliphatic rings. The second-order valence-electron chi connectivity index (χ2n) is 6.90. The van der Waals surface area contributed by atoms with Gasteiger partial charge >= 0.3 is 0 Å². The van der Waals surface area contributed by atoms with Crippen molar-refractivity contribution in [3.05, 3.63) is 18.2 Å². The third-order valence-electron chi connectivity index (χ3n) is 4.87. The molecule has 3 rings (SSSR count). The van der Waals surface area contributed by atoms with Gasteiger partial charge in [-0.1, -0.05) is 12.8 Å². The monoisotopic (exact) mass is 376 g/mol. The molecule has 0 amide bonds. The van der Waals surface area contributed by atoms with Gasteiger partial charge in [0.2, 0.25) is 6.79 Å². The minimum Gasteiger partial charge on any atom is -0.492 e. The summed E-state index contributed by atoms with van der Waals surface area (Å²) in [5.41, 5.74) is 0. The predicted octanol–water partition coefficient (Wildman–Crippen LogP) is 2.23. The highest BCUT2D eigenvalue weighted by Crippen LogP contribution is 2.34. The molecule has 2 aliphatic heterocycles. The second-order valence-corrected chi connectivity index (χ2v) is 6.90. The fourth-order valence-corrected chi connectivity index (χ4v) is 3.39. The Morgan fingerprint density at radius 1 is 1.07 bits per heavy atom. The molecule has 7 nitrogen and oxygen atoms in total. The van der Waals surface area contributed by atoms with Crippen molar-refractivity contribution in [1.82, 2.24) is 15.5 Å². The normalized spacial score (nSPS) is 17.4. The number of guanidine groups is 1. The molecule has 2 heterocycles. The Hall–Kier alpha value is -2.15. The summed E-state index contributed by atoms with van der Waals surface area (Å²) in [6.07, 6.45) is 6.60. The van der Waals surface area contributed by atoms with E-state index in [1.54, 1.807) is 7.05 Å². The molecule has 0 aromatic heterocycles. The molecule has 27 heavy (non-hydrogen) atoms. The lowest BCUT2D eigenvalue weighted by atomic mass is 10.2. The van der Waals surface area contributed by atoms with Crippen LogP contribution in [0.3, 0.4) is 0 Å². The summed E-state index contributed by atoms with van der Waals surface area (Å²) in [7, 11) is 1.79. The Bertz CT molecular complexity index is 601. The molecule has 2 N–H and O–H groups in total. The predicted molar refractivity (Wildman–Crippen MR) is 107 cm³/mol. The van der Waals surface area contributed by atoms with Gasteiger partial charge in [0.15, 0.2) is 17.5 Å². The van der Waals surface area contributed by atoms with Crippen molar-refractivity contribution in [3.63, 3.8) is 0 Å². The maximum absolute atomic E-state index is 5.76. The molecule has 1 aromatic carbocycles. The number of rotatable bonds is 8. The molecular formula is C20H32N4O3. The second kappa shape index (κ2) is 10.9.